The highest BCUT2D eigenvalue weighted by atomic mass is 16.8. The SMILES string of the molecule is CCOC1([O])OCC[C]1OC. The van der Waals surface area contributed by atoms with Crippen molar-refractivity contribution in [2.75, 3.05) is 20.3 Å². The summed E-state index contributed by atoms with van der Waals surface area (Å²) in [5, 5.41) is 11.5. The molecule has 1 aliphatic rings. The first-order valence-electron chi connectivity index (χ1n) is 3.61. The van der Waals surface area contributed by atoms with Gasteiger partial charge in [-0.2, -0.15) is 5.11 Å². The first-order chi connectivity index (χ1) is 5.23. The Hall–Kier alpha value is -0.160. The number of methoxy groups -OCH3 is 1. The third kappa shape index (κ3) is 1.70. The summed E-state index contributed by atoms with van der Waals surface area (Å²) < 4.78 is 14.5. The van der Waals surface area contributed by atoms with Crippen molar-refractivity contribution in [2.45, 2.75) is 19.3 Å². The summed E-state index contributed by atoms with van der Waals surface area (Å²) in [6.07, 6.45) is 0.861. The number of ether oxygens (including phenoxy) is 3. The molecular weight excluding hydrogens is 148 g/mol. The molecule has 1 rings (SSSR count). The molecule has 1 unspecified atom stereocenters. The molecule has 1 saturated heterocycles. The Bertz CT molecular complexity index is 128. The van der Waals surface area contributed by atoms with Crippen LogP contribution in [0.3, 0.4) is 0 Å². The Morgan fingerprint density at radius 3 is 3.00 bits per heavy atom. The fraction of sp³-hybridized carbons (Fsp3) is 0.857. The van der Waals surface area contributed by atoms with Crippen molar-refractivity contribution >= 4 is 0 Å². The molecule has 64 valence electrons. The molecule has 0 aromatic rings. The molecule has 0 bridgehead atoms. The second kappa shape index (κ2) is 3.49. The van der Waals surface area contributed by atoms with E-state index in [-0.39, 0.29) is 0 Å². The van der Waals surface area contributed by atoms with Crippen molar-refractivity contribution in [2.24, 2.45) is 0 Å². The Morgan fingerprint density at radius 1 is 1.73 bits per heavy atom. The summed E-state index contributed by atoms with van der Waals surface area (Å²) in [6.45, 7) is 2.46. The van der Waals surface area contributed by atoms with Crippen LogP contribution in [0.15, 0.2) is 0 Å². The van der Waals surface area contributed by atoms with Crippen LogP contribution in [-0.4, -0.2) is 26.3 Å². The third-order valence-corrected chi connectivity index (χ3v) is 1.54. The van der Waals surface area contributed by atoms with Crippen LogP contribution in [0.1, 0.15) is 13.3 Å². The van der Waals surface area contributed by atoms with Gasteiger partial charge in [-0.15, -0.1) is 0 Å². The molecule has 1 heterocycles. The molecule has 0 N–H and O–H groups in total. The van der Waals surface area contributed by atoms with Gasteiger partial charge in [-0.1, -0.05) is 0 Å². The maximum Gasteiger partial charge on any atom is 0.345 e. The maximum atomic E-state index is 11.5. The zero-order chi connectivity index (χ0) is 8.32. The fourth-order valence-electron chi connectivity index (χ4n) is 1.05. The zero-order valence-corrected chi connectivity index (χ0v) is 6.75. The lowest BCUT2D eigenvalue weighted by molar-refractivity contribution is -0.371. The van der Waals surface area contributed by atoms with Crippen molar-refractivity contribution in [3.63, 3.8) is 0 Å². The lowest BCUT2D eigenvalue weighted by atomic mass is 10.2. The van der Waals surface area contributed by atoms with E-state index in [0.717, 1.165) is 0 Å². The number of hydrogen-bond acceptors (Lipinski definition) is 3. The summed E-state index contributed by atoms with van der Waals surface area (Å²) in [6, 6.07) is 0. The molecule has 1 fully saturated rings. The summed E-state index contributed by atoms with van der Waals surface area (Å²) in [5.41, 5.74) is 0. The second-order valence-electron chi connectivity index (χ2n) is 2.21. The molecule has 1 aliphatic heterocycles. The van der Waals surface area contributed by atoms with E-state index in [9.17, 15) is 5.11 Å². The van der Waals surface area contributed by atoms with Gasteiger partial charge in [-0.25, -0.2) is 0 Å². The van der Waals surface area contributed by atoms with Crippen molar-refractivity contribution in [3.05, 3.63) is 6.10 Å². The predicted octanol–water partition coefficient (Wildman–Crippen LogP) is 0.706. The van der Waals surface area contributed by atoms with Crippen molar-refractivity contribution in [1.29, 1.82) is 0 Å². The zero-order valence-electron chi connectivity index (χ0n) is 6.75. The van der Waals surface area contributed by atoms with Crippen LogP contribution in [0.25, 0.3) is 0 Å². The van der Waals surface area contributed by atoms with Crippen molar-refractivity contribution < 1.29 is 19.3 Å². The average molecular weight is 160 g/mol. The number of rotatable bonds is 3. The van der Waals surface area contributed by atoms with Crippen molar-refractivity contribution in [3.8, 4) is 0 Å². The number of hydrogen-bond donors (Lipinski definition) is 0. The van der Waals surface area contributed by atoms with E-state index >= 15 is 0 Å². The highest BCUT2D eigenvalue weighted by Gasteiger charge is 2.47. The molecule has 1 atom stereocenters. The minimum atomic E-state index is -1.84. The van der Waals surface area contributed by atoms with Crippen molar-refractivity contribution in [1.82, 2.24) is 0 Å². The molecule has 0 saturated carbocycles. The molecule has 4 heteroatoms. The molecule has 0 spiro atoms. The average Bonchev–Trinajstić information content (AvgIpc) is 2.31. The normalized spacial score (nSPS) is 33.0. The Labute approximate surface area is 66.1 Å². The molecule has 0 aromatic carbocycles. The fourth-order valence-corrected chi connectivity index (χ4v) is 1.05. The van der Waals surface area contributed by atoms with Crippen LogP contribution in [-0.2, 0) is 19.3 Å². The van der Waals surface area contributed by atoms with Gasteiger partial charge >= 0.3 is 5.97 Å². The van der Waals surface area contributed by atoms with Gasteiger partial charge in [0.25, 0.3) is 0 Å². The predicted molar refractivity (Wildman–Crippen MR) is 35.9 cm³/mol. The van der Waals surface area contributed by atoms with Gasteiger partial charge in [0, 0.05) is 20.1 Å². The van der Waals surface area contributed by atoms with Gasteiger partial charge in [0.2, 0.25) is 0 Å². The van der Waals surface area contributed by atoms with Gasteiger partial charge in [0.05, 0.1) is 6.61 Å². The topological polar surface area (TPSA) is 47.6 Å². The Balaban J connectivity index is 2.51. The molecule has 4 nitrogen and oxygen atoms in total. The lowest BCUT2D eigenvalue weighted by Gasteiger charge is -2.22. The largest absolute Gasteiger partial charge is 0.366 e. The quantitative estimate of drug-likeness (QED) is 0.571. The Morgan fingerprint density at radius 2 is 2.45 bits per heavy atom. The third-order valence-electron chi connectivity index (χ3n) is 1.54. The van der Waals surface area contributed by atoms with Gasteiger partial charge in [0.15, 0.2) is 6.10 Å². The van der Waals surface area contributed by atoms with Gasteiger partial charge < -0.3 is 14.2 Å². The molecule has 0 amide bonds. The van der Waals surface area contributed by atoms with Crippen LogP contribution in [0, 0.1) is 6.10 Å². The molecule has 2 radical (unpaired) electrons. The van der Waals surface area contributed by atoms with Gasteiger partial charge in [-0.05, 0) is 6.92 Å². The van der Waals surface area contributed by atoms with E-state index in [0.29, 0.717) is 25.7 Å². The maximum absolute atomic E-state index is 11.5. The first-order valence-corrected chi connectivity index (χ1v) is 3.61. The first kappa shape index (κ1) is 8.93. The van der Waals surface area contributed by atoms with Crippen LogP contribution >= 0.6 is 0 Å². The molecule has 0 aliphatic carbocycles. The minimum absolute atomic E-state index is 0.330. The van der Waals surface area contributed by atoms with E-state index in [1.807, 2.05) is 0 Å². The van der Waals surface area contributed by atoms with E-state index in [4.69, 9.17) is 14.2 Å². The highest BCUT2D eigenvalue weighted by molar-refractivity contribution is 4.93. The van der Waals surface area contributed by atoms with Gasteiger partial charge in [0.1, 0.15) is 0 Å². The van der Waals surface area contributed by atoms with Crippen LogP contribution in [0.4, 0.5) is 0 Å². The molecular formula is C7H12O4. The summed E-state index contributed by atoms with van der Waals surface area (Å²) in [7, 11) is 1.45. The van der Waals surface area contributed by atoms with Crippen LogP contribution in [0.5, 0.6) is 0 Å². The van der Waals surface area contributed by atoms with E-state index in [1.165, 1.54) is 7.11 Å². The van der Waals surface area contributed by atoms with Gasteiger partial charge in [-0.3, -0.25) is 0 Å². The second-order valence-corrected chi connectivity index (χ2v) is 2.21. The van der Waals surface area contributed by atoms with E-state index < -0.39 is 5.97 Å². The monoisotopic (exact) mass is 160 g/mol. The smallest absolute Gasteiger partial charge is 0.345 e. The molecule has 0 aromatic heterocycles. The standard InChI is InChI=1S/C7H12O4/c1-3-10-7(8)6(9-2)4-5-11-7/h3-5H2,1-2H3. The summed E-state index contributed by atoms with van der Waals surface area (Å²) >= 11 is 0. The Kier molecular flexibility index (Phi) is 2.84. The van der Waals surface area contributed by atoms with E-state index in [2.05, 4.69) is 0 Å². The highest BCUT2D eigenvalue weighted by Crippen LogP contribution is 2.33. The minimum Gasteiger partial charge on any atom is -0.366 e. The van der Waals surface area contributed by atoms with E-state index in [1.54, 1.807) is 6.92 Å². The van der Waals surface area contributed by atoms with Crippen LogP contribution < -0.4 is 0 Å². The molecule has 11 heavy (non-hydrogen) atoms. The summed E-state index contributed by atoms with van der Waals surface area (Å²) in [5.74, 6) is -1.84. The lowest BCUT2D eigenvalue weighted by Crippen LogP contribution is -2.36. The van der Waals surface area contributed by atoms with Crippen LogP contribution in [0.2, 0.25) is 0 Å². The summed E-state index contributed by atoms with van der Waals surface area (Å²) in [4.78, 5) is 0.